The van der Waals surface area contributed by atoms with Crippen LogP contribution in [0.3, 0.4) is 0 Å². The maximum absolute atomic E-state index is 5.63. The first-order valence-corrected chi connectivity index (χ1v) is 15.5. The molecule has 4 nitrogen and oxygen atoms in total. The third kappa shape index (κ3) is 6.32. The fourth-order valence-electron chi connectivity index (χ4n) is 4.71. The van der Waals surface area contributed by atoms with Gasteiger partial charge in [-0.3, -0.25) is 0 Å². The molecule has 0 aliphatic rings. The molecule has 0 saturated heterocycles. The van der Waals surface area contributed by atoms with E-state index in [0.717, 1.165) is 23.0 Å². The van der Waals surface area contributed by atoms with Crippen molar-refractivity contribution in [2.45, 2.75) is 25.2 Å². The lowest BCUT2D eigenvalue weighted by Crippen LogP contribution is -2.32. The Morgan fingerprint density at radius 1 is 0.421 bits per heavy atom. The van der Waals surface area contributed by atoms with Crippen LogP contribution in [0.15, 0.2) is 97.1 Å². The summed E-state index contributed by atoms with van der Waals surface area (Å²) < 4.78 is 22.5. The lowest BCUT2D eigenvalue weighted by Gasteiger charge is -2.36. The molecule has 2 unspecified atom stereocenters. The second-order valence-corrected chi connectivity index (χ2v) is 14.2. The van der Waals surface area contributed by atoms with Crippen molar-refractivity contribution in [2.24, 2.45) is 0 Å². The lowest BCUT2D eigenvalue weighted by atomic mass is 10.3. The molecule has 4 rings (SSSR count). The first kappa shape index (κ1) is 28.0. The predicted molar refractivity (Wildman–Crippen MR) is 163 cm³/mol. The Morgan fingerprint density at radius 2 is 0.658 bits per heavy atom. The van der Waals surface area contributed by atoms with E-state index in [2.05, 4.69) is 86.6 Å². The maximum atomic E-state index is 5.63. The Bertz CT molecular complexity index is 1140. The highest BCUT2D eigenvalue weighted by molar-refractivity contribution is 7.77. The van der Waals surface area contributed by atoms with Crippen LogP contribution in [0.4, 0.5) is 0 Å². The van der Waals surface area contributed by atoms with Crippen LogP contribution in [-0.2, 0) is 0 Å². The predicted octanol–water partition coefficient (Wildman–Crippen LogP) is 6.06. The average Bonchev–Trinajstić information content (AvgIpc) is 2.97. The van der Waals surface area contributed by atoms with Crippen LogP contribution in [0.2, 0.25) is 0 Å². The van der Waals surface area contributed by atoms with Crippen molar-refractivity contribution in [3.63, 3.8) is 0 Å². The molecule has 0 aliphatic heterocycles. The summed E-state index contributed by atoms with van der Waals surface area (Å²) in [5, 5.41) is 5.16. The molecule has 4 aromatic rings. The van der Waals surface area contributed by atoms with Gasteiger partial charge in [0.05, 0.1) is 28.4 Å². The highest BCUT2D eigenvalue weighted by Gasteiger charge is 2.33. The van der Waals surface area contributed by atoms with E-state index in [-0.39, 0.29) is 0 Å². The summed E-state index contributed by atoms with van der Waals surface area (Å²) in [6, 6.07) is 34.1. The van der Waals surface area contributed by atoms with Gasteiger partial charge in [0.2, 0.25) is 0 Å². The van der Waals surface area contributed by atoms with Crippen LogP contribution in [-0.4, -0.2) is 39.8 Å². The van der Waals surface area contributed by atoms with Crippen molar-refractivity contribution < 1.29 is 18.9 Å². The number of methoxy groups -OCH3 is 4. The van der Waals surface area contributed by atoms with E-state index >= 15 is 0 Å². The Morgan fingerprint density at radius 3 is 0.868 bits per heavy atom. The van der Waals surface area contributed by atoms with Crippen LogP contribution < -0.4 is 40.2 Å². The molecule has 38 heavy (non-hydrogen) atoms. The van der Waals surface area contributed by atoms with Crippen molar-refractivity contribution in [3.8, 4) is 23.0 Å². The molecule has 0 aromatic heterocycles. The van der Waals surface area contributed by atoms with E-state index < -0.39 is 15.8 Å². The van der Waals surface area contributed by atoms with E-state index in [1.165, 1.54) is 21.2 Å². The first-order valence-electron chi connectivity index (χ1n) is 12.6. The zero-order chi connectivity index (χ0) is 27.1. The van der Waals surface area contributed by atoms with Gasteiger partial charge in [0.1, 0.15) is 23.0 Å². The van der Waals surface area contributed by atoms with Gasteiger partial charge in [-0.25, -0.2) is 0 Å². The largest absolute Gasteiger partial charge is 0.497 e. The topological polar surface area (TPSA) is 36.9 Å². The minimum atomic E-state index is -0.737. The third-order valence-corrected chi connectivity index (χ3v) is 12.9. The van der Waals surface area contributed by atoms with Gasteiger partial charge in [-0.2, -0.15) is 0 Å². The number of hydrogen-bond acceptors (Lipinski definition) is 4. The Hall–Kier alpha value is -3.06. The molecule has 0 fully saturated rings. The summed E-state index contributed by atoms with van der Waals surface area (Å²) in [6.07, 6.45) is 0. The molecule has 0 spiro atoms. The van der Waals surface area contributed by atoms with Gasteiger partial charge in [0.15, 0.2) is 0 Å². The summed E-state index contributed by atoms with van der Waals surface area (Å²) >= 11 is 0. The minimum Gasteiger partial charge on any atom is -0.497 e. The van der Waals surface area contributed by atoms with Crippen LogP contribution in [0.5, 0.6) is 23.0 Å². The van der Waals surface area contributed by atoms with Gasteiger partial charge in [-0.05, 0) is 96.9 Å². The molecule has 0 bridgehead atoms. The van der Waals surface area contributed by atoms with Gasteiger partial charge in [-0.15, -0.1) is 0 Å². The van der Waals surface area contributed by atoms with Gasteiger partial charge in [0, 0.05) is 0 Å². The Labute approximate surface area is 229 Å². The SMILES string of the molecule is COc1cccc(P(c2cccc(OC)c2)C(C)C(C)P(c2cccc(OC)c2)c2cccc(OC)c2)c1. The number of rotatable bonds is 11. The molecular formula is C32H36O4P2. The molecule has 0 amide bonds. The van der Waals surface area contributed by atoms with E-state index in [1.807, 2.05) is 24.3 Å². The Kier molecular flexibility index (Phi) is 9.67. The molecule has 0 heterocycles. The molecule has 0 aliphatic carbocycles. The monoisotopic (exact) mass is 546 g/mol. The van der Waals surface area contributed by atoms with Gasteiger partial charge in [0.25, 0.3) is 0 Å². The lowest BCUT2D eigenvalue weighted by molar-refractivity contribution is 0.415. The molecular weight excluding hydrogens is 510 g/mol. The van der Waals surface area contributed by atoms with Crippen LogP contribution in [0, 0.1) is 0 Å². The highest BCUT2D eigenvalue weighted by atomic mass is 31.1. The highest BCUT2D eigenvalue weighted by Crippen LogP contribution is 2.52. The van der Waals surface area contributed by atoms with E-state index in [1.54, 1.807) is 28.4 Å². The van der Waals surface area contributed by atoms with Crippen molar-refractivity contribution >= 4 is 37.1 Å². The fraction of sp³-hybridized carbons (Fsp3) is 0.250. The quantitative estimate of drug-likeness (QED) is 0.214. The minimum absolute atomic E-state index is 0.340. The Balaban J connectivity index is 1.85. The molecule has 0 saturated carbocycles. The smallest absolute Gasteiger partial charge is 0.119 e. The third-order valence-electron chi connectivity index (χ3n) is 6.84. The van der Waals surface area contributed by atoms with Crippen LogP contribution >= 0.6 is 15.8 Å². The van der Waals surface area contributed by atoms with Crippen molar-refractivity contribution in [1.82, 2.24) is 0 Å². The van der Waals surface area contributed by atoms with Crippen molar-refractivity contribution in [3.05, 3.63) is 97.1 Å². The van der Waals surface area contributed by atoms with Gasteiger partial charge >= 0.3 is 0 Å². The standard InChI is InChI=1S/C32H36O4P2/c1-23(37(29-15-7-11-25(19-29)33-3)30-16-8-12-26(20-30)34-4)24(2)38(31-17-9-13-27(21-31)35-5)32-18-10-14-28(22-32)36-6/h7-24H,1-6H3. The molecule has 0 N–H and O–H groups in total. The zero-order valence-electron chi connectivity index (χ0n) is 22.9. The molecule has 198 valence electrons. The molecule has 4 aromatic carbocycles. The number of benzene rings is 4. The summed E-state index contributed by atoms with van der Waals surface area (Å²) in [5.41, 5.74) is 0.681. The van der Waals surface area contributed by atoms with Crippen LogP contribution in [0.1, 0.15) is 13.8 Å². The second kappa shape index (κ2) is 13.1. The van der Waals surface area contributed by atoms with E-state index in [0.29, 0.717) is 11.3 Å². The molecule has 0 radical (unpaired) electrons. The fourth-order valence-corrected chi connectivity index (χ4v) is 10.9. The van der Waals surface area contributed by atoms with E-state index in [4.69, 9.17) is 18.9 Å². The van der Waals surface area contributed by atoms with Crippen molar-refractivity contribution in [1.29, 1.82) is 0 Å². The number of hydrogen-bond donors (Lipinski definition) is 0. The second-order valence-electron chi connectivity index (χ2n) is 9.03. The summed E-state index contributed by atoms with van der Waals surface area (Å²) in [5.74, 6) is 3.50. The van der Waals surface area contributed by atoms with Crippen LogP contribution in [0.25, 0.3) is 0 Å². The molecule has 2 atom stereocenters. The zero-order valence-corrected chi connectivity index (χ0v) is 24.7. The molecule has 6 heteroatoms. The number of ether oxygens (including phenoxy) is 4. The van der Waals surface area contributed by atoms with Crippen molar-refractivity contribution in [2.75, 3.05) is 28.4 Å². The average molecular weight is 547 g/mol. The summed E-state index contributed by atoms with van der Waals surface area (Å²) in [7, 11) is 5.43. The maximum Gasteiger partial charge on any atom is 0.119 e. The normalized spacial score (nSPS) is 12.7. The van der Waals surface area contributed by atoms with E-state index in [9.17, 15) is 0 Å². The van der Waals surface area contributed by atoms with Gasteiger partial charge in [-0.1, -0.05) is 62.4 Å². The first-order chi connectivity index (χ1) is 18.5. The summed E-state index contributed by atoms with van der Waals surface area (Å²) in [6.45, 7) is 4.79. The van der Waals surface area contributed by atoms with Gasteiger partial charge < -0.3 is 18.9 Å². The summed E-state index contributed by atoms with van der Waals surface area (Å²) in [4.78, 5) is 0.